The van der Waals surface area contributed by atoms with Crippen LogP contribution in [-0.4, -0.2) is 49.8 Å². The van der Waals surface area contributed by atoms with Gasteiger partial charge >= 0.3 is 0 Å². The lowest BCUT2D eigenvalue weighted by Gasteiger charge is -2.22. The second kappa shape index (κ2) is 10.6. The minimum absolute atomic E-state index is 0.0854. The third kappa shape index (κ3) is 5.01. The van der Waals surface area contributed by atoms with E-state index in [0.29, 0.717) is 21.5 Å². The van der Waals surface area contributed by atoms with Gasteiger partial charge in [0.2, 0.25) is 0 Å². The molecule has 0 radical (unpaired) electrons. The Kier molecular flexibility index (Phi) is 7.09. The molecule has 0 N–H and O–H groups in total. The maximum absolute atomic E-state index is 12.2. The van der Waals surface area contributed by atoms with Crippen LogP contribution in [0.15, 0.2) is 48.7 Å². The van der Waals surface area contributed by atoms with Crippen molar-refractivity contribution >= 4 is 28.6 Å². The summed E-state index contributed by atoms with van der Waals surface area (Å²) in [5, 5.41) is 18.1. The van der Waals surface area contributed by atoms with Crippen molar-refractivity contribution in [1.29, 1.82) is 0 Å². The first-order chi connectivity index (χ1) is 18.0. The standard InChI is InChI=1S/C27H28N6O3S/c1-4-32(5-2)19-10-11-20(26-29-30-27(37-26)25-22(34)12-13-23(25)35)24(14-19)36-16-18-15-33(31-28-18)21-9-7-6-8-17(21)3/h6-11,14-15,25H,4-5,12-13,16H2,1-3H3. The number of carbonyl (C=O) groups excluding carboxylic acids is 2. The van der Waals surface area contributed by atoms with E-state index in [1.807, 2.05) is 55.6 Å². The summed E-state index contributed by atoms with van der Waals surface area (Å²) in [4.78, 5) is 26.7. The molecule has 1 fully saturated rings. The van der Waals surface area contributed by atoms with Crippen molar-refractivity contribution in [2.24, 2.45) is 0 Å². The molecule has 37 heavy (non-hydrogen) atoms. The largest absolute Gasteiger partial charge is 0.486 e. The van der Waals surface area contributed by atoms with Crippen LogP contribution in [0.1, 0.15) is 48.9 Å². The molecule has 5 rings (SSSR count). The van der Waals surface area contributed by atoms with Crippen LogP contribution in [0.2, 0.25) is 0 Å². The van der Waals surface area contributed by atoms with E-state index in [1.165, 1.54) is 11.3 Å². The molecule has 2 aromatic heterocycles. The van der Waals surface area contributed by atoms with Crippen molar-refractivity contribution < 1.29 is 14.3 Å². The molecule has 2 heterocycles. The number of aromatic nitrogens is 5. The number of Topliss-reactive ketones (excluding diaryl/α,β-unsaturated/α-hetero) is 2. The van der Waals surface area contributed by atoms with Crippen molar-refractivity contribution in [1.82, 2.24) is 25.2 Å². The number of carbonyl (C=O) groups is 2. The first-order valence-electron chi connectivity index (χ1n) is 12.4. The van der Waals surface area contributed by atoms with E-state index >= 15 is 0 Å². The number of rotatable bonds is 9. The number of para-hydroxylation sites is 1. The topological polar surface area (TPSA) is 103 Å². The Balaban J connectivity index is 1.44. The van der Waals surface area contributed by atoms with Crippen molar-refractivity contribution in [3.63, 3.8) is 0 Å². The minimum atomic E-state index is -0.790. The van der Waals surface area contributed by atoms with Crippen LogP contribution in [0.4, 0.5) is 5.69 Å². The monoisotopic (exact) mass is 516 g/mol. The summed E-state index contributed by atoms with van der Waals surface area (Å²) in [7, 11) is 0. The molecule has 0 aliphatic heterocycles. The molecule has 1 aliphatic carbocycles. The lowest BCUT2D eigenvalue weighted by Crippen LogP contribution is -2.21. The number of hydrogen-bond acceptors (Lipinski definition) is 9. The van der Waals surface area contributed by atoms with Gasteiger partial charge in [-0.05, 0) is 44.5 Å². The van der Waals surface area contributed by atoms with Gasteiger partial charge in [0, 0.05) is 37.7 Å². The first-order valence-corrected chi connectivity index (χ1v) is 13.2. The van der Waals surface area contributed by atoms with Gasteiger partial charge in [-0.25, -0.2) is 4.68 Å². The van der Waals surface area contributed by atoms with Gasteiger partial charge in [0.05, 0.1) is 17.4 Å². The predicted molar refractivity (Wildman–Crippen MR) is 141 cm³/mol. The van der Waals surface area contributed by atoms with Crippen LogP contribution < -0.4 is 9.64 Å². The molecule has 1 aliphatic rings. The van der Waals surface area contributed by atoms with Gasteiger partial charge in [-0.15, -0.1) is 15.3 Å². The highest BCUT2D eigenvalue weighted by Crippen LogP contribution is 2.39. The van der Waals surface area contributed by atoms with Gasteiger partial charge in [0.25, 0.3) is 0 Å². The number of hydrogen-bond donors (Lipinski definition) is 0. The summed E-state index contributed by atoms with van der Waals surface area (Å²) in [5.41, 5.74) is 4.52. The Morgan fingerprint density at radius 3 is 2.51 bits per heavy atom. The Morgan fingerprint density at radius 2 is 1.78 bits per heavy atom. The van der Waals surface area contributed by atoms with E-state index in [0.717, 1.165) is 35.6 Å². The van der Waals surface area contributed by atoms with Crippen LogP contribution in [0.5, 0.6) is 5.75 Å². The number of benzene rings is 2. The van der Waals surface area contributed by atoms with Crippen LogP contribution in [0.25, 0.3) is 16.3 Å². The average Bonchev–Trinajstić information content (AvgIpc) is 3.64. The minimum Gasteiger partial charge on any atom is -0.486 e. The van der Waals surface area contributed by atoms with Gasteiger partial charge in [-0.2, -0.15) is 0 Å². The molecular weight excluding hydrogens is 488 g/mol. The highest BCUT2D eigenvalue weighted by Gasteiger charge is 2.37. The Morgan fingerprint density at radius 1 is 1.03 bits per heavy atom. The molecule has 0 spiro atoms. The lowest BCUT2D eigenvalue weighted by molar-refractivity contribution is -0.123. The quantitative estimate of drug-likeness (QED) is 0.299. The lowest BCUT2D eigenvalue weighted by atomic mass is 10.1. The van der Waals surface area contributed by atoms with E-state index in [9.17, 15) is 9.59 Å². The molecule has 0 atom stereocenters. The van der Waals surface area contributed by atoms with Gasteiger partial charge in [0.15, 0.2) is 16.6 Å². The number of nitrogens with zero attached hydrogens (tertiary/aromatic N) is 6. The summed E-state index contributed by atoms with van der Waals surface area (Å²) in [6.45, 7) is 8.17. The molecule has 4 aromatic rings. The Labute approximate surface area is 219 Å². The molecule has 2 aromatic carbocycles. The molecule has 0 unspecified atom stereocenters. The molecular formula is C27H28N6O3S. The van der Waals surface area contributed by atoms with Crippen molar-refractivity contribution in [2.45, 2.75) is 46.1 Å². The third-order valence-corrected chi connectivity index (χ3v) is 7.57. The van der Waals surface area contributed by atoms with Gasteiger partial charge in [0.1, 0.15) is 29.0 Å². The van der Waals surface area contributed by atoms with E-state index in [1.54, 1.807) is 4.68 Å². The van der Waals surface area contributed by atoms with Crippen LogP contribution >= 0.6 is 11.3 Å². The number of anilines is 1. The smallest absolute Gasteiger partial charge is 0.151 e. The fraction of sp³-hybridized carbons (Fsp3) is 0.333. The highest BCUT2D eigenvalue weighted by atomic mass is 32.1. The molecule has 10 heteroatoms. The van der Waals surface area contributed by atoms with E-state index in [-0.39, 0.29) is 31.0 Å². The first kappa shape index (κ1) is 24.8. The summed E-state index contributed by atoms with van der Waals surface area (Å²) < 4.78 is 8.02. The molecule has 1 saturated carbocycles. The molecule has 190 valence electrons. The normalized spacial score (nSPS) is 13.9. The Hall–Kier alpha value is -3.92. The molecule has 0 amide bonds. The number of aryl methyl sites for hydroxylation is 1. The Bertz CT molecular complexity index is 1430. The summed E-state index contributed by atoms with van der Waals surface area (Å²) in [6.07, 6.45) is 2.40. The number of ketones is 2. The zero-order valence-electron chi connectivity index (χ0n) is 21.0. The average molecular weight is 517 g/mol. The van der Waals surface area contributed by atoms with E-state index in [4.69, 9.17) is 4.74 Å². The zero-order valence-corrected chi connectivity index (χ0v) is 21.9. The summed E-state index contributed by atoms with van der Waals surface area (Å²) in [6, 6.07) is 13.9. The van der Waals surface area contributed by atoms with Gasteiger partial charge in [-0.3, -0.25) is 9.59 Å². The van der Waals surface area contributed by atoms with Gasteiger partial charge < -0.3 is 9.64 Å². The fourth-order valence-electron chi connectivity index (χ4n) is 4.50. The van der Waals surface area contributed by atoms with Crippen LogP contribution in [0, 0.1) is 6.92 Å². The summed E-state index contributed by atoms with van der Waals surface area (Å²) >= 11 is 1.27. The van der Waals surface area contributed by atoms with E-state index < -0.39 is 5.92 Å². The zero-order chi connectivity index (χ0) is 25.9. The SMILES string of the molecule is CCN(CC)c1ccc(-c2nnc(C3C(=O)CCC3=O)s2)c(OCc2cn(-c3ccccc3C)nn2)c1. The van der Waals surface area contributed by atoms with Gasteiger partial charge in [-0.1, -0.05) is 34.7 Å². The highest BCUT2D eigenvalue weighted by molar-refractivity contribution is 7.15. The number of ether oxygens (including phenoxy) is 1. The van der Waals surface area contributed by atoms with Crippen LogP contribution in [0.3, 0.4) is 0 Å². The summed E-state index contributed by atoms with van der Waals surface area (Å²) in [5.74, 6) is -0.334. The maximum atomic E-state index is 12.2. The maximum Gasteiger partial charge on any atom is 0.151 e. The van der Waals surface area contributed by atoms with Crippen molar-refractivity contribution in [2.75, 3.05) is 18.0 Å². The second-order valence-electron chi connectivity index (χ2n) is 8.89. The van der Waals surface area contributed by atoms with E-state index in [2.05, 4.69) is 39.3 Å². The fourth-order valence-corrected chi connectivity index (χ4v) is 5.52. The second-order valence-corrected chi connectivity index (χ2v) is 9.90. The predicted octanol–water partition coefficient (Wildman–Crippen LogP) is 4.54. The molecule has 0 bridgehead atoms. The van der Waals surface area contributed by atoms with Crippen LogP contribution in [-0.2, 0) is 16.2 Å². The molecule has 0 saturated heterocycles. The van der Waals surface area contributed by atoms with Crippen molar-refractivity contribution in [3.05, 3.63) is 64.9 Å². The molecule has 9 nitrogen and oxygen atoms in total. The third-order valence-electron chi connectivity index (χ3n) is 6.55. The van der Waals surface area contributed by atoms with Crippen molar-refractivity contribution in [3.8, 4) is 22.0 Å².